The Balaban J connectivity index is 0.00000497. The summed E-state index contributed by atoms with van der Waals surface area (Å²) in [7, 11) is 0. The molecule has 0 amide bonds. The SMILES string of the molecule is Cc1cc(CCC(C)(C)C)c(-c2cnn(-c3[c-]c(Oc4[c-]c5c(cc4)c4ccccc4n5-c4cc(C(C)C)ccn4)ccc3)c2)c(CCC(C)(C)C)c1.[Pt+2]. The molecule has 5 nitrogen and oxygen atoms in total. The Labute approximate surface area is 336 Å². The zero-order valence-corrected chi connectivity index (χ0v) is 35.4. The molecule has 0 aliphatic rings. The Kier molecular flexibility index (Phi) is 11.4. The third kappa shape index (κ3) is 8.74. The predicted octanol–water partition coefficient (Wildman–Crippen LogP) is 12.8. The van der Waals surface area contributed by atoms with Crippen molar-refractivity contribution in [3.8, 4) is 34.1 Å². The van der Waals surface area contributed by atoms with E-state index in [1.54, 1.807) is 0 Å². The molecule has 0 N–H and O–H groups in total. The number of aryl methyl sites for hydroxylation is 3. The maximum absolute atomic E-state index is 6.48. The number of aromatic nitrogens is 4. The second-order valence-corrected chi connectivity index (χ2v) is 17.3. The predicted molar refractivity (Wildman–Crippen MR) is 220 cm³/mol. The molecule has 7 aromatic rings. The van der Waals surface area contributed by atoms with Crippen molar-refractivity contribution >= 4 is 21.8 Å². The summed E-state index contributed by atoms with van der Waals surface area (Å²) in [5, 5.41) is 7.13. The Hall–Kier alpha value is -4.47. The molecule has 0 saturated carbocycles. The summed E-state index contributed by atoms with van der Waals surface area (Å²) in [5.41, 5.74) is 11.2. The number of benzene rings is 4. The van der Waals surface area contributed by atoms with Crippen molar-refractivity contribution < 1.29 is 25.8 Å². The van der Waals surface area contributed by atoms with Crippen molar-refractivity contribution in [1.82, 2.24) is 19.3 Å². The van der Waals surface area contributed by atoms with Crippen molar-refractivity contribution in [2.24, 2.45) is 10.8 Å². The Morgan fingerprint density at radius 2 is 1.44 bits per heavy atom. The molecule has 54 heavy (non-hydrogen) atoms. The van der Waals surface area contributed by atoms with E-state index >= 15 is 0 Å². The number of nitrogens with zero attached hydrogens (tertiary/aromatic N) is 4. The van der Waals surface area contributed by atoms with Gasteiger partial charge >= 0.3 is 21.1 Å². The fourth-order valence-corrected chi connectivity index (χ4v) is 7.15. The molecule has 0 atom stereocenters. The first-order valence-corrected chi connectivity index (χ1v) is 19.0. The van der Waals surface area contributed by atoms with E-state index < -0.39 is 0 Å². The van der Waals surface area contributed by atoms with E-state index in [1.807, 2.05) is 41.3 Å². The van der Waals surface area contributed by atoms with Gasteiger partial charge in [0.2, 0.25) is 0 Å². The third-order valence-corrected chi connectivity index (χ3v) is 10.0. The van der Waals surface area contributed by atoms with Gasteiger partial charge in [-0.15, -0.1) is 35.7 Å². The minimum Gasteiger partial charge on any atom is -0.509 e. The van der Waals surface area contributed by atoms with E-state index in [-0.39, 0.29) is 31.9 Å². The Morgan fingerprint density at radius 3 is 2.13 bits per heavy atom. The molecule has 6 heteroatoms. The summed E-state index contributed by atoms with van der Waals surface area (Å²) in [5.74, 6) is 2.48. The second kappa shape index (κ2) is 15.7. The molecule has 0 unspecified atom stereocenters. The largest absolute Gasteiger partial charge is 2.00 e. The van der Waals surface area contributed by atoms with Gasteiger partial charge in [0.05, 0.1) is 6.20 Å². The summed E-state index contributed by atoms with van der Waals surface area (Å²) < 4.78 is 10.6. The Bertz CT molecular complexity index is 2360. The summed E-state index contributed by atoms with van der Waals surface area (Å²) >= 11 is 0. The summed E-state index contributed by atoms with van der Waals surface area (Å²) in [6.45, 7) is 20.6. The molecule has 0 spiro atoms. The van der Waals surface area contributed by atoms with Crippen LogP contribution in [0.1, 0.15) is 96.4 Å². The molecule has 0 bridgehead atoms. The van der Waals surface area contributed by atoms with E-state index in [0.29, 0.717) is 17.4 Å². The number of ether oxygens (including phenoxy) is 1. The molecular weight excluding hydrogens is 844 g/mol. The van der Waals surface area contributed by atoms with Crippen molar-refractivity contribution in [2.75, 3.05) is 0 Å². The van der Waals surface area contributed by atoms with Crippen molar-refractivity contribution in [3.63, 3.8) is 0 Å². The van der Waals surface area contributed by atoms with Gasteiger partial charge in [-0.2, -0.15) is 17.2 Å². The number of fused-ring (bicyclic) bond motifs is 3. The fourth-order valence-electron chi connectivity index (χ4n) is 7.15. The van der Waals surface area contributed by atoms with Crippen LogP contribution in [0.5, 0.6) is 11.5 Å². The summed E-state index contributed by atoms with van der Waals surface area (Å²) in [6, 6.07) is 34.6. The summed E-state index contributed by atoms with van der Waals surface area (Å²) in [6.07, 6.45) is 10.4. The van der Waals surface area contributed by atoms with E-state index in [0.717, 1.165) is 64.6 Å². The maximum Gasteiger partial charge on any atom is 2.00 e. The van der Waals surface area contributed by atoms with Crippen LogP contribution in [-0.2, 0) is 33.9 Å². The molecule has 7 rings (SSSR count). The number of para-hydroxylation sites is 1. The van der Waals surface area contributed by atoms with Gasteiger partial charge < -0.3 is 9.30 Å². The molecule has 0 radical (unpaired) electrons. The molecule has 3 aromatic heterocycles. The topological polar surface area (TPSA) is 44.9 Å². The van der Waals surface area contributed by atoms with Crippen LogP contribution >= 0.6 is 0 Å². The number of pyridine rings is 1. The number of rotatable bonds is 10. The quantitative estimate of drug-likeness (QED) is 0.129. The van der Waals surface area contributed by atoms with Gasteiger partial charge in [0.25, 0.3) is 0 Å². The first-order chi connectivity index (χ1) is 25.2. The maximum atomic E-state index is 6.48. The van der Waals surface area contributed by atoms with E-state index in [4.69, 9.17) is 14.8 Å². The fraction of sp³-hybridized carbons (Fsp3) is 0.333. The third-order valence-electron chi connectivity index (χ3n) is 10.0. The molecule has 0 saturated heterocycles. The van der Waals surface area contributed by atoms with Crippen LogP contribution in [0.15, 0.2) is 97.5 Å². The van der Waals surface area contributed by atoms with Crippen LogP contribution < -0.4 is 4.74 Å². The van der Waals surface area contributed by atoms with Crippen LogP contribution in [0.4, 0.5) is 0 Å². The van der Waals surface area contributed by atoms with Crippen molar-refractivity contribution in [2.45, 2.75) is 93.9 Å². The van der Waals surface area contributed by atoms with Crippen LogP contribution in [0.3, 0.4) is 0 Å². The van der Waals surface area contributed by atoms with Crippen molar-refractivity contribution in [3.05, 3.63) is 132 Å². The number of hydrogen-bond donors (Lipinski definition) is 0. The number of hydrogen-bond acceptors (Lipinski definition) is 3. The normalized spacial score (nSPS) is 12.1. The van der Waals surface area contributed by atoms with Gasteiger partial charge in [-0.3, -0.25) is 4.68 Å². The van der Waals surface area contributed by atoms with E-state index in [1.165, 1.54) is 27.8 Å². The smallest absolute Gasteiger partial charge is 0.509 e. The molecule has 0 fully saturated rings. The minimum atomic E-state index is 0. The van der Waals surface area contributed by atoms with E-state index in [2.05, 4.69) is 140 Å². The monoisotopic (exact) mass is 895 g/mol. The van der Waals surface area contributed by atoms with Gasteiger partial charge in [-0.25, -0.2) is 4.98 Å². The zero-order valence-electron chi connectivity index (χ0n) is 33.2. The van der Waals surface area contributed by atoms with Gasteiger partial charge in [0.15, 0.2) is 0 Å². The van der Waals surface area contributed by atoms with Crippen molar-refractivity contribution in [1.29, 1.82) is 0 Å². The second-order valence-electron chi connectivity index (χ2n) is 17.3. The first-order valence-electron chi connectivity index (χ1n) is 19.0. The summed E-state index contributed by atoms with van der Waals surface area (Å²) in [4.78, 5) is 4.79. The van der Waals surface area contributed by atoms with Gasteiger partial charge in [-0.1, -0.05) is 96.8 Å². The van der Waals surface area contributed by atoms with Gasteiger partial charge in [0.1, 0.15) is 5.82 Å². The van der Waals surface area contributed by atoms with Gasteiger partial charge in [-0.05, 0) is 101 Å². The minimum absolute atomic E-state index is 0. The molecule has 280 valence electrons. The standard InChI is InChI=1S/C48H52N4O.Pt/c1-32(2)34-21-24-49-45(27-34)52-43-16-11-10-15-41(43)42-18-17-40(29-44(42)52)53-39-14-12-13-38(28-39)51-31-37(30-50-51)46-35(19-22-47(4,5)6)25-33(3)26-36(46)20-23-48(7,8)9;/h10-18,21,24-27,30-32H,19-20,22-23H2,1-9H3;/q-2;+2. The first kappa shape index (κ1) is 39.2. The molecule has 0 aliphatic heterocycles. The molecule has 0 aliphatic carbocycles. The Morgan fingerprint density at radius 1 is 0.759 bits per heavy atom. The molecule has 4 aromatic carbocycles. The van der Waals surface area contributed by atoms with Gasteiger partial charge in [0, 0.05) is 35.0 Å². The van der Waals surface area contributed by atoms with E-state index in [9.17, 15) is 0 Å². The molecular formula is C48H52N4OPt. The van der Waals surface area contributed by atoms with Crippen LogP contribution in [0.25, 0.3) is 44.4 Å². The van der Waals surface area contributed by atoms with Crippen LogP contribution in [-0.4, -0.2) is 19.3 Å². The molecule has 3 heterocycles. The van der Waals surface area contributed by atoms with Crippen LogP contribution in [0.2, 0.25) is 0 Å². The zero-order chi connectivity index (χ0) is 37.5. The van der Waals surface area contributed by atoms with Crippen LogP contribution in [0, 0.1) is 29.9 Å². The average Bonchev–Trinajstić information content (AvgIpc) is 3.72. The average molecular weight is 896 g/mol.